The molecule has 3 aromatic rings. The number of aryl methyl sites for hydroxylation is 1. The zero-order valence-electron chi connectivity index (χ0n) is 18.9. The van der Waals surface area contributed by atoms with E-state index in [0.717, 1.165) is 19.0 Å². The summed E-state index contributed by atoms with van der Waals surface area (Å²) in [5.74, 6) is -0.394. The number of halogens is 3. The second-order valence-electron chi connectivity index (χ2n) is 9.13. The lowest BCUT2D eigenvalue weighted by atomic mass is 9.62. The molecular weight excluding hydrogens is 447 g/mol. The highest BCUT2D eigenvalue weighted by Crippen LogP contribution is 2.55. The Kier molecular flexibility index (Phi) is 5.10. The molecule has 3 aliphatic rings. The molecule has 178 valence electrons. The van der Waals surface area contributed by atoms with E-state index in [2.05, 4.69) is 20.2 Å². The Balaban J connectivity index is 1.68. The Hall–Kier alpha value is -3.50. The van der Waals surface area contributed by atoms with Gasteiger partial charge in [-0.1, -0.05) is 6.92 Å². The van der Waals surface area contributed by atoms with Gasteiger partial charge in [-0.2, -0.15) is 23.4 Å². The molecule has 0 unspecified atom stereocenters. The molecule has 5 heterocycles. The van der Waals surface area contributed by atoms with Crippen molar-refractivity contribution in [3.05, 3.63) is 58.8 Å². The van der Waals surface area contributed by atoms with Gasteiger partial charge in [0, 0.05) is 17.9 Å². The molecule has 1 saturated carbocycles. The summed E-state index contributed by atoms with van der Waals surface area (Å²) in [5.41, 5.74) is 6.44. The van der Waals surface area contributed by atoms with Crippen LogP contribution in [0.1, 0.15) is 58.7 Å². The first-order chi connectivity index (χ1) is 16.1. The zero-order chi connectivity index (χ0) is 24.4. The molecule has 0 aromatic carbocycles. The summed E-state index contributed by atoms with van der Waals surface area (Å²) in [6.07, 6.45) is 0.585. The second kappa shape index (κ2) is 7.78. The van der Waals surface area contributed by atoms with E-state index in [1.54, 1.807) is 24.0 Å². The van der Waals surface area contributed by atoms with Crippen molar-refractivity contribution in [2.24, 2.45) is 11.8 Å². The molecule has 1 amide bonds. The number of fused-ring (bicyclic) bond motifs is 2. The van der Waals surface area contributed by atoms with Gasteiger partial charge in [-0.3, -0.25) is 4.79 Å². The van der Waals surface area contributed by atoms with Crippen LogP contribution in [-0.2, 0) is 6.18 Å². The molecule has 2 atom stereocenters. The summed E-state index contributed by atoms with van der Waals surface area (Å²) in [6, 6.07) is 2.43. The number of piperidine rings is 2. The molecule has 8 nitrogen and oxygen atoms in total. The molecule has 2 aliphatic heterocycles. The highest BCUT2D eigenvalue weighted by atomic mass is 19.4. The maximum Gasteiger partial charge on any atom is 0.418 e. The summed E-state index contributed by atoms with van der Waals surface area (Å²) in [5, 5.41) is 8.24. The van der Waals surface area contributed by atoms with Crippen molar-refractivity contribution < 1.29 is 18.0 Å². The van der Waals surface area contributed by atoms with Gasteiger partial charge in [0.2, 0.25) is 0 Å². The van der Waals surface area contributed by atoms with E-state index in [1.165, 1.54) is 24.1 Å². The van der Waals surface area contributed by atoms with E-state index in [9.17, 15) is 18.0 Å². The molecular formula is C23H24F3N7O. The van der Waals surface area contributed by atoms with Gasteiger partial charge in [0.05, 0.1) is 24.0 Å². The number of carbonyl (C=O) groups excluding carboxylic acids is 1. The molecule has 6 rings (SSSR count). The molecule has 2 N–H and O–H groups in total. The van der Waals surface area contributed by atoms with Crippen LogP contribution < -0.4 is 5.73 Å². The standard InChI is InChI=1S/C23H24F3N7O/c1-11-4-5-17(33-29-6-7-30-33)19(31-11)22(34)32-15-8-14(9-15)12(2)20(32)18-13(3)21(27)28-10-16(18)23(24,25)26/h4-7,10,12,14-15,20H,8-9H2,1-3H3,(H2,27,28)/t12-,14?,15?,20+/m0/s1. The van der Waals surface area contributed by atoms with Crippen LogP contribution in [-0.4, -0.2) is 41.8 Å². The number of hydrogen-bond acceptors (Lipinski definition) is 6. The normalized spacial score (nSPS) is 24.1. The maximum absolute atomic E-state index is 14.1. The summed E-state index contributed by atoms with van der Waals surface area (Å²) in [7, 11) is 0. The lowest BCUT2D eigenvalue weighted by molar-refractivity contribution is -0.140. The van der Waals surface area contributed by atoms with Crippen molar-refractivity contribution in [3.8, 4) is 5.69 Å². The Morgan fingerprint density at radius 1 is 1.15 bits per heavy atom. The van der Waals surface area contributed by atoms with Gasteiger partial charge in [0.25, 0.3) is 5.91 Å². The van der Waals surface area contributed by atoms with Crippen molar-refractivity contribution in [1.29, 1.82) is 0 Å². The summed E-state index contributed by atoms with van der Waals surface area (Å²) < 4.78 is 42.3. The number of rotatable bonds is 3. The largest absolute Gasteiger partial charge is 0.418 e. The van der Waals surface area contributed by atoms with E-state index < -0.39 is 23.7 Å². The fourth-order valence-corrected chi connectivity index (χ4v) is 5.30. The summed E-state index contributed by atoms with van der Waals surface area (Å²) >= 11 is 0. The Labute approximate surface area is 194 Å². The number of aromatic nitrogens is 5. The van der Waals surface area contributed by atoms with Crippen molar-refractivity contribution >= 4 is 11.7 Å². The van der Waals surface area contributed by atoms with Crippen molar-refractivity contribution in [3.63, 3.8) is 0 Å². The lowest BCUT2D eigenvalue weighted by Crippen LogP contribution is -2.59. The van der Waals surface area contributed by atoms with Gasteiger partial charge in [0.15, 0.2) is 5.69 Å². The smallest absolute Gasteiger partial charge is 0.383 e. The van der Waals surface area contributed by atoms with Crippen molar-refractivity contribution in [2.75, 3.05) is 5.73 Å². The number of carbonyl (C=O) groups is 1. The molecule has 2 saturated heterocycles. The van der Waals surface area contributed by atoms with Gasteiger partial charge in [-0.05, 0) is 61.8 Å². The van der Waals surface area contributed by atoms with Crippen molar-refractivity contribution in [1.82, 2.24) is 29.9 Å². The van der Waals surface area contributed by atoms with Crippen LogP contribution in [0.3, 0.4) is 0 Å². The highest BCUT2D eigenvalue weighted by Gasteiger charge is 2.54. The quantitative estimate of drug-likeness (QED) is 0.622. The third kappa shape index (κ3) is 3.41. The molecule has 3 fully saturated rings. The van der Waals surface area contributed by atoms with Crippen LogP contribution in [0.15, 0.2) is 30.7 Å². The van der Waals surface area contributed by atoms with Gasteiger partial charge in [0.1, 0.15) is 11.5 Å². The third-order valence-electron chi connectivity index (χ3n) is 7.18. The number of alkyl halides is 3. The van der Waals surface area contributed by atoms with Gasteiger partial charge in [-0.15, -0.1) is 4.80 Å². The number of nitrogens with two attached hydrogens (primary N) is 1. The number of pyridine rings is 2. The van der Waals surface area contributed by atoms with Crippen LogP contribution >= 0.6 is 0 Å². The van der Waals surface area contributed by atoms with Crippen LogP contribution in [0.4, 0.5) is 19.0 Å². The predicted molar refractivity (Wildman–Crippen MR) is 117 cm³/mol. The van der Waals surface area contributed by atoms with E-state index in [-0.39, 0.29) is 40.5 Å². The highest BCUT2D eigenvalue weighted by molar-refractivity contribution is 5.96. The van der Waals surface area contributed by atoms with E-state index in [4.69, 9.17) is 5.73 Å². The lowest BCUT2D eigenvalue weighted by Gasteiger charge is -2.57. The first-order valence-corrected chi connectivity index (χ1v) is 11.1. The monoisotopic (exact) mass is 471 g/mol. The number of anilines is 1. The number of hydrogen-bond donors (Lipinski definition) is 1. The molecule has 11 heteroatoms. The Morgan fingerprint density at radius 2 is 1.82 bits per heavy atom. The fraction of sp³-hybridized carbons (Fsp3) is 0.435. The molecule has 1 aliphatic carbocycles. The van der Waals surface area contributed by atoms with Gasteiger partial charge in [-0.25, -0.2) is 9.97 Å². The number of nitrogen functional groups attached to an aromatic ring is 1. The average Bonchev–Trinajstić information content (AvgIpc) is 3.28. The Morgan fingerprint density at radius 3 is 2.47 bits per heavy atom. The predicted octanol–water partition coefficient (Wildman–Crippen LogP) is 3.89. The number of nitrogens with zero attached hydrogens (tertiary/aromatic N) is 6. The SMILES string of the molecule is Cc1ccc(-n2nccn2)c(C(=O)N2C3CC(C3)[C@H](C)[C@@H]2c2c(C(F)(F)F)cnc(N)c2C)n1. The van der Waals surface area contributed by atoms with Gasteiger partial charge < -0.3 is 10.6 Å². The van der Waals surface area contributed by atoms with Gasteiger partial charge >= 0.3 is 6.18 Å². The Bertz CT molecular complexity index is 1250. The summed E-state index contributed by atoms with van der Waals surface area (Å²) in [4.78, 5) is 25.2. The molecule has 0 radical (unpaired) electrons. The summed E-state index contributed by atoms with van der Waals surface area (Å²) in [6.45, 7) is 5.19. The van der Waals surface area contributed by atoms with Crippen molar-refractivity contribution in [2.45, 2.75) is 51.9 Å². The molecule has 2 bridgehead atoms. The fourth-order valence-electron chi connectivity index (χ4n) is 5.30. The molecule has 0 spiro atoms. The van der Waals surface area contributed by atoms with E-state index in [0.29, 0.717) is 11.4 Å². The minimum atomic E-state index is -4.64. The first-order valence-electron chi connectivity index (χ1n) is 11.1. The van der Waals surface area contributed by atoms with E-state index in [1.807, 2.05) is 6.92 Å². The minimum absolute atomic E-state index is 0.0154. The van der Waals surface area contributed by atoms with Crippen LogP contribution in [0.5, 0.6) is 0 Å². The molecule has 3 aromatic heterocycles. The average molecular weight is 471 g/mol. The van der Waals surface area contributed by atoms with Crippen LogP contribution in [0.2, 0.25) is 0 Å². The minimum Gasteiger partial charge on any atom is -0.383 e. The zero-order valence-corrected chi connectivity index (χ0v) is 18.9. The maximum atomic E-state index is 14.1. The second-order valence-corrected chi connectivity index (χ2v) is 9.13. The molecule has 34 heavy (non-hydrogen) atoms. The van der Waals surface area contributed by atoms with Crippen LogP contribution in [0.25, 0.3) is 5.69 Å². The topological polar surface area (TPSA) is 103 Å². The third-order valence-corrected chi connectivity index (χ3v) is 7.18. The number of amides is 1. The van der Waals surface area contributed by atoms with E-state index >= 15 is 0 Å². The first kappa shape index (κ1) is 22.3. The van der Waals surface area contributed by atoms with Crippen LogP contribution in [0, 0.1) is 25.7 Å².